The van der Waals surface area contributed by atoms with Crippen LogP contribution in [0.15, 0.2) is 18.6 Å². The smallest absolute Gasteiger partial charge is 0.147 e. The maximum atomic E-state index is 4.34. The van der Waals surface area contributed by atoms with Crippen LogP contribution in [0.25, 0.3) is 0 Å². The Morgan fingerprint density at radius 3 is 2.81 bits per heavy atom. The van der Waals surface area contributed by atoms with Crippen LogP contribution in [0.3, 0.4) is 0 Å². The molecule has 0 bridgehead atoms. The highest BCUT2D eigenvalue weighted by atomic mass is 15.2. The lowest BCUT2D eigenvalue weighted by atomic mass is 9.93. The third-order valence-electron chi connectivity index (χ3n) is 3.29. The highest BCUT2D eigenvalue weighted by Crippen LogP contribution is 2.22. The van der Waals surface area contributed by atoms with Gasteiger partial charge in [0.2, 0.25) is 0 Å². The van der Waals surface area contributed by atoms with Crippen LogP contribution >= 0.6 is 0 Å². The van der Waals surface area contributed by atoms with Gasteiger partial charge < -0.3 is 10.2 Å². The predicted molar refractivity (Wildman–Crippen MR) is 65.5 cm³/mol. The summed E-state index contributed by atoms with van der Waals surface area (Å²) >= 11 is 0. The van der Waals surface area contributed by atoms with Gasteiger partial charge in [-0.15, -0.1) is 0 Å². The van der Waals surface area contributed by atoms with E-state index in [9.17, 15) is 0 Å². The lowest BCUT2D eigenvalue weighted by Crippen LogP contribution is -2.35. The number of aromatic nitrogens is 2. The fourth-order valence-electron chi connectivity index (χ4n) is 2.25. The van der Waals surface area contributed by atoms with Gasteiger partial charge >= 0.3 is 0 Å². The summed E-state index contributed by atoms with van der Waals surface area (Å²) in [5.74, 6) is 1.90. The number of hydrogen-bond donors (Lipinski definition) is 1. The van der Waals surface area contributed by atoms with Crippen molar-refractivity contribution in [3.63, 3.8) is 0 Å². The molecule has 0 unspecified atom stereocenters. The van der Waals surface area contributed by atoms with E-state index in [-0.39, 0.29) is 0 Å². The van der Waals surface area contributed by atoms with Gasteiger partial charge in [-0.1, -0.05) is 0 Å². The minimum absolute atomic E-state index is 0.875. The van der Waals surface area contributed by atoms with Gasteiger partial charge in [0.15, 0.2) is 0 Å². The van der Waals surface area contributed by atoms with Crippen LogP contribution in [0, 0.1) is 5.92 Å². The van der Waals surface area contributed by atoms with Crippen molar-refractivity contribution in [1.82, 2.24) is 15.3 Å². The van der Waals surface area contributed by atoms with Crippen molar-refractivity contribution < 1.29 is 0 Å². The molecule has 1 fully saturated rings. The Bertz CT molecular complexity index is 293. The molecular weight excluding hydrogens is 200 g/mol. The summed E-state index contributed by atoms with van der Waals surface area (Å²) in [4.78, 5) is 10.8. The van der Waals surface area contributed by atoms with E-state index >= 15 is 0 Å². The second-order valence-electron chi connectivity index (χ2n) is 4.39. The molecule has 1 N–H and O–H groups in total. The third-order valence-corrected chi connectivity index (χ3v) is 3.29. The van der Waals surface area contributed by atoms with E-state index in [1.54, 1.807) is 12.4 Å². The molecule has 2 heterocycles. The van der Waals surface area contributed by atoms with Gasteiger partial charge in [0, 0.05) is 25.5 Å². The van der Waals surface area contributed by atoms with Crippen LogP contribution in [-0.4, -0.2) is 36.6 Å². The Morgan fingerprint density at radius 1 is 1.38 bits per heavy atom. The van der Waals surface area contributed by atoms with E-state index in [0.717, 1.165) is 31.4 Å². The van der Waals surface area contributed by atoms with Crippen LogP contribution in [-0.2, 0) is 0 Å². The molecule has 0 aliphatic carbocycles. The average molecular weight is 220 g/mol. The molecular formula is C12H20N4. The van der Waals surface area contributed by atoms with E-state index < -0.39 is 0 Å². The van der Waals surface area contributed by atoms with E-state index in [1.807, 2.05) is 13.2 Å². The van der Waals surface area contributed by atoms with Crippen LogP contribution < -0.4 is 10.2 Å². The quantitative estimate of drug-likeness (QED) is 0.830. The normalized spacial score (nSPS) is 17.7. The standard InChI is InChI=1S/C12H20N4/c1-13-5-2-11-3-8-16(9-4-11)12-10-14-6-7-15-12/h6-7,10-11,13H,2-5,8-9H2,1H3. The van der Waals surface area contributed by atoms with Gasteiger partial charge in [-0.25, -0.2) is 4.98 Å². The van der Waals surface area contributed by atoms with E-state index in [1.165, 1.54) is 19.3 Å². The molecule has 2 rings (SSSR count). The van der Waals surface area contributed by atoms with Crippen molar-refractivity contribution in [2.24, 2.45) is 5.92 Å². The Morgan fingerprint density at radius 2 is 2.19 bits per heavy atom. The predicted octanol–water partition coefficient (Wildman–Crippen LogP) is 1.30. The fraction of sp³-hybridized carbons (Fsp3) is 0.667. The van der Waals surface area contributed by atoms with Gasteiger partial charge in [0.05, 0.1) is 6.20 Å². The van der Waals surface area contributed by atoms with E-state index in [2.05, 4.69) is 20.2 Å². The van der Waals surface area contributed by atoms with Crippen LogP contribution in [0.1, 0.15) is 19.3 Å². The Balaban J connectivity index is 1.81. The third kappa shape index (κ3) is 2.92. The topological polar surface area (TPSA) is 41.0 Å². The van der Waals surface area contributed by atoms with E-state index in [0.29, 0.717) is 0 Å². The lowest BCUT2D eigenvalue weighted by Gasteiger charge is -2.32. The first kappa shape index (κ1) is 11.3. The second-order valence-corrected chi connectivity index (χ2v) is 4.39. The largest absolute Gasteiger partial charge is 0.355 e. The number of rotatable bonds is 4. The molecule has 4 heteroatoms. The minimum atomic E-state index is 0.875. The molecule has 0 radical (unpaired) electrons. The Kier molecular flexibility index (Phi) is 4.10. The van der Waals surface area contributed by atoms with Crippen LogP contribution in [0.2, 0.25) is 0 Å². The molecule has 1 aromatic rings. The number of nitrogens with zero attached hydrogens (tertiary/aromatic N) is 3. The van der Waals surface area contributed by atoms with Crippen molar-refractivity contribution >= 4 is 5.82 Å². The maximum Gasteiger partial charge on any atom is 0.147 e. The Labute approximate surface area is 97.1 Å². The number of hydrogen-bond acceptors (Lipinski definition) is 4. The summed E-state index contributed by atoms with van der Waals surface area (Å²) in [6.45, 7) is 3.37. The first-order valence-electron chi connectivity index (χ1n) is 6.05. The molecule has 0 amide bonds. The molecule has 0 aromatic carbocycles. The molecule has 0 spiro atoms. The number of anilines is 1. The highest BCUT2D eigenvalue weighted by Gasteiger charge is 2.19. The summed E-state index contributed by atoms with van der Waals surface area (Å²) in [6, 6.07) is 0. The zero-order valence-electron chi connectivity index (χ0n) is 9.89. The summed E-state index contributed by atoms with van der Waals surface area (Å²) in [7, 11) is 2.02. The van der Waals surface area contributed by atoms with Crippen molar-refractivity contribution in [3.05, 3.63) is 18.6 Å². The molecule has 1 aromatic heterocycles. The zero-order valence-corrected chi connectivity index (χ0v) is 9.89. The number of nitrogens with one attached hydrogen (secondary N) is 1. The van der Waals surface area contributed by atoms with Gasteiger partial charge in [-0.05, 0) is 38.8 Å². The van der Waals surface area contributed by atoms with Crippen molar-refractivity contribution in [3.8, 4) is 0 Å². The summed E-state index contributed by atoms with van der Waals surface area (Å²) in [5, 5.41) is 3.22. The fourth-order valence-corrected chi connectivity index (χ4v) is 2.25. The van der Waals surface area contributed by atoms with Gasteiger partial charge in [0.1, 0.15) is 5.82 Å². The maximum absolute atomic E-state index is 4.34. The van der Waals surface area contributed by atoms with Gasteiger partial charge in [0.25, 0.3) is 0 Å². The summed E-state index contributed by atoms with van der Waals surface area (Å²) in [5.41, 5.74) is 0. The van der Waals surface area contributed by atoms with Crippen LogP contribution in [0.4, 0.5) is 5.82 Å². The van der Waals surface area contributed by atoms with Gasteiger partial charge in [-0.3, -0.25) is 4.98 Å². The minimum Gasteiger partial charge on any atom is -0.355 e. The average Bonchev–Trinajstić information content (AvgIpc) is 2.38. The SMILES string of the molecule is CNCCC1CCN(c2cnccn2)CC1. The Hall–Kier alpha value is -1.16. The molecule has 1 saturated heterocycles. The first-order valence-corrected chi connectivity index (χ1v) is 6.05. The number of piperidine rings is 1. The summed E-state index contributed by atoms with van der Waals surface area (Å²) in [6.07, 6.45) is 9.20. The van der Waals surface area contributed by atoms with E-state index in [4.69, 9.17) is 0 Å². The second kappa shape index (κ2) is 5.80. The van der Waals surface area contributed by atoms with Gasteiger partial charge in [-0.2, -0.15) is 0 Å². The molecule has 1 aliphatic heterocycles. The zero-order chi connectivity index (χ0) is 11.2. The molecule has 0 atom stereocenters. The van der Waals surface area contributed by atoms with Crippen molar-refractivity contribution in [2.45, 2.75) is 19.3 Å². The van der Waals surface area contributed by atoms with Crippen molar-refractivity contribution in [1.29, 1.82) is 0 Å². The molecule has 1 aliphatic rings. The molecule has 88 valence electrons. The lowest BCUT2D eigenvalue weighted by molar-refractivity contribution is 0.377. The van der Waals surface area contributed by atoms with Crippen molar-refractivity contribution in [2.75, 3.05) is 31.6 Å². The molecule has 4 nitrogen and oxygen atoms in total. The monoisotopic (exact) mass is 220 g/mol. The molecule has 0 saturated carbocycles. The molecule has 16 heavy (non-hydrogen) atoms. The van der Waals surface area contributed by atoms with Crippen LogP contribution in [0.5, 0.6) is 0 Å². The first-order chi connectivity index (χ1) is 7.90. The highest BCUT2D eigenvalue weighted by molar-refractivity contribution is 5.35. The summed E-state index contributed by atoms with van der Waals surface area (Å²) < 4.78 is 0.